The molecule has 0 aliphatic carbocycles. The Morgan fingerprint density at radius 3 is 2.23 bits per heavy atom. The number of alkyl halides is 3. The Hall–Kier alpha value is -2.94. The second-order valence-corrected chi connectivity index (χ2v) is 7.62. The van der Waals surface area contributed by atoms with Gasteiger partial charge in [-0.15, -0.1) is 0 Å². The van der Waals surface area contributed by atoms with Gasteiger partial charge in [-0.2, -0.15) is 23.5 Å². The van der Waals surface area contributed by atoms with Crippen molar-refractivity contribution in [3.05, 3.63) is 67.8 Å². The number of nitro benzene ring substituents is 1. The highest BCUT2D eigenvalue weighted by Gasteiger charge is 2.33. The summed E-state index contributed by atoms with van der Waals surface area (Å²) in [6, 6.07) is 8.67. The number of benzene rings is 2. The fraction of sp³-hybridized carbons (Fsp3) is 0.0588. The number of nitriles is 1. The van der Waals surface area contributed by atoms with Crippen molar-refractivity contribution in [3.63, 3.8) is 0 Å². The van der Waals surface area contributed by atoms with Crippen LogP contribution >= 0.6 is 35.0 Å². The second-order valence-electron chi connectivity index (χ2n) is 5.73. The maximum absolute atomic E-state index is 13.0. The summed E-state index contributed by atoms with van der Waals surface area (Å²) in [6.07, 6.45) is -4.66. The van der Waals surface area contributed by atoms with Crippen molar-refractivity contribution < 1.29 is 18.1 Å². The standard InChI is InChI=1S/C17H8Cl2F3N5O2S/c18-11-5-8(17(20,21)22)6-12(19)14(11)26-16(24)15(13(7-23)25-26)30-10-3-1-9(2-4-10)27(28)29/h1-6H,24H2. The average molecular weight is 474 g/mol. The molecule has 3 aromatic rings. The van der Waals surface area contributed by atoms with E-state index < -0.39 is 16.7 Å². The molecule has 2 N–H and O–H groups in total. The van der Waals surface area contributed by atoms with E-state index in [1.165, 1.54) is 24.3 Å². The monoisotopic (exact) mass is 473 g/mol. The molecular weight excluding hydrogens is 466 g/mol. The fourth-order valence-corrected chi connectivity index (χ4v) is 3.98. The first-order chi connectivity index (χ1) is 14.0. The summed E-state index contributed by atoms with van der Waals surface area (Å²) in [4.78, 5) is 10.9. The van der Waals surface area contributed by atoms with Crippen molar-refractivity contribution in [1.82, 2.24) is 9.78 Å². The molecule has 0 fully saturated rings. The third-order valence-electron chi connectivity index (χ3n) is 3.81. The molecule has 2 aromatic carbocycles. The zero-order chi connectivity index (χ0) is 22.2. The van der Waals surface area contributed by atoms with Crippen LogP contribution in [0.2, 0.25) is 10.0 Å². The lowest BCUT2D eigenvalue weighted by atomic mass is 10.2. The van der Waals surface area contributed by atoms with Crippen LogP contribution in [0.1, 0.15) is 11.3 Å². The zero-order valence-corrected chi connectivity index (χ0v) is 16.8. The molecule has 0 spiro atoms. The Bertz CT molecular complexity index is 1170. The van der Waals surface area contributed by atoms with E-state index in [9.17, 15) is 28.5 Å². The van der Waals surface area contributed by atoms with Gasteiger partial charge in [-0.05, 0) is 24.3 Å². The molecule has 3 rings (SSSR count). The van der Waals surface area contributed by atoms with Gasteiger partial charge in [-0.3, -0.25) is 10.1 Å². The van der Waals surface area contributed by atoms with Crippen LogP contribution in [0.15, 0.2) is 46.2 Å². The Labute approximate surface area is 180 Å². The molecule has 13 heteroatoms. The van der Waals surface area contributed by atoms with Gasteiger partial charge in [-0.25, -0.2) is 4.68 Å². The maximum Gasteiger partial charge on any atom is 0.416 e. The van der Waals surface area contributed by atoms with E-state index in [2.05, 4.69) is 5.10 Å². The van der Waals surface area contributed by atoms with Crippen LogP contribution in [0.25, 0.3) is 5.69 Å². The van der Waals surface area contributed by atoms with Crippen molar-refractivity contribution >= 4 is 46.5 Å². The summed E-state index contributed by atoms with van der Waals surface area (Å²) in [5.74, 6) is -0.0848. The normalized spacial score (nSPS) is 11.3. The van der Waals surface area contributed by atoms with Crippen molar-refractivity contribution in [2.45, 2.75) is 16.0 Å². The number of halogens is 5. The molecule has 0 unspecified atom stereocenters. The third-order valence-corrected chi connectivity index (χ3v) is 5.50. The molecule has 0 aliphatic heterocycles. The van der Waals surface area contributed by atoms with Gasteiger partial charge in [0.1, 0.15) is 17.6 Å². The molecule has 1 heterocycles. The predicted octanol–water partition coefficient (Wildman–Crippen LogP) is 5.71. The Morgan fingerprint density at radius 2 is 1.77 bits per heavy atom. The Kier molecular flexibility index (Phi) is 5.85. The van der Waals surface area contributed by atoms with Crippen molar-refractivity contribution in [1.29, 1.82) is 5.26 Å². The number of anilines is 1. The number of hydrogen-bond acceptors (Lipinski definition) is 6. The summed E-state index contributed by atoms with van der Waals surface area (Å²) in [7, 11) is 0. The van der Waals surface area contributed by atoms with Crippen LogP contribution in [0.5, 0.6) is 0 Å². The lowest BCUT2D eigenvalue weighted by Crippen LogP contribution is -2.08. The highest BCUT2D eigenvalue weighted by molar-refractivity contribution is 7.99. The first-order valence-corrected chi connectivity index (χ1v) is 9.37. The summed E-state index contributed by atoms with van der Waals surface area (Å²) in [5, 5.41) is 23.4. The molecule has 0 amide bonds. The van der Waals surface area contributed by atoms with E-state index in [1.807, 2.05) is 6.07 Å². The van der Waals surface area contributed by atoms with Crippen molar-refractivity contribution in [2.24, 2.45) is 0 Å². The number of hydrogen-bond donors (Lipinski definition) is 1. The molecule has 0 bridgehead atoms. The van der Waals surface area contributed by atoms with E-state index in [1.54, 1.807) is 0 Å². The number of non-ortho nitro benzene ring substituents is 1. The summed E-state index contributed by atoms with van der Waals surface area (Å²) >= 11 is 13.0. The minimum Gasteiger partial charge on any atom is -0.383 e. The zero-order valence-electron chi connectivity index (χ0n) is 14.4. The third kappa shape index (κ3) is 4.16. The molecule has 0 atom stereocenters. The quantitative estimate of drug-likeness (QED) is 0.383. The average Bonchev–Trinajstić information content (AvgIpc) is 2.97. The minimum absolute atomic E-state index is 0.0848. The van der Waals surface area contributed by atoms with Gasteiger partial charge in [0.05, 0.1) is 25.4 Å². The lowest BCUT2D eigenvalue weighted by Gasteiger charge is -2.13. The van der Waals surface area contributed by atoms with Crippen LogP contribution in [0.4, 0.5) is 24.7 Å². The topological polar surface area (TPSA) is 111 Å². The number of rotatable bonds is 4. The highest BCUT2D eigenvalue weighted by atomic mass is 35.5. The highest BCUT2D eigenvalue weighted by Crippen LogP contribution is 2.41. The van der Waals surface area contributed by atoms with Gasteiger partial charge in [0.2, 0.25) is 0 Å². The molecule has 1 aromatic heterocycles. The van der Waals surface area contributed by atoms with Gasteiger partial charge < -0.3 is 5.73 Å². The van der Waals surface area contributed by atoms with E-state index in [0.717, 1.165) is 16.4 Å². The van der Waals surface area contributed by atoms with Crippen LogP contribution in [-0.2, 0) is 6.18 Å². The number of nitrogens with zero attached hydrogens (tertiary/aromatic N) is 4. The molecule has 0 saturated carbocycles. The summed E-state index contributed by atoms with van der Waals surface area (Å²) < 4.78 is 39.8. The smallest absolute Gasteiger partial charge is 0.383 e. The predicted molar refractivity (Wildman–Crippen MR) is 105 cm³/mol. The van der Waals surface area contributed by atoms with Gasteiger partial charge >= 0.3 is 6.18 Å². The van der Waals surface area contributed by atoms with Crippen LogP contribution in [0.3, 0.4) is 0 Å². The van der Waals surface area contributed by atoms with E-state index in [-0.39, 0.29) is 37.8 Å². The number of nitrogens with two attached hydrogens (primary N) is 1. The number of nitrogen functional groups attached to an aromatic ring is 1. The molecule has 7 nitrogen and oxygen atoms in total. The molecule has 30 heavy (non-hydrogen) atoms. The van der Waals surface area contributed by atoms with Crippen LogP contribution in [-0.4, -0.2) is 14.7 Å². The van der Waals surface area contributed by atoms with Gasteiger partial charge in [0.15, 0.2) is 5.69 Å². The maximum atomic E-state index is 13.0. The van der Waals surface area contributed by atoms with Gasteiger partial charge in [0.25, 0.3) is 5.69 Å². The van der Waals surface area contributed by atoms with Gasteiger partial charge in [-0.1, -0.05) is 35.0 Å². The largest absolute Gasteiger partial charge is 0.416 e. The molecule has 0 aliphatic rings. The lowest BCUT2D eigenvalue weighted by molar-refractivity contribution is -0.384. The molecule has 0 saturated heterocycles. The Morgan fingerprint density at radius 1 is 1.20 bits per heavy atom. The fourth-order valence-electron chi connectivity index (χ4n) is 2.45. The SMILES string of the molecule is N#Cc1nn(-c2c(Cl)cc(C(F)(F)F)cc2Cl)c(N)c1Sc1ccc([N+](=O)[O-])cc1. The molecule has 0 radical (unpaired) electrons. The summed E-state index contributed by atoms with van der Waals surface area (Å²) in [6.45, 7) is 0. The first-order valence-electron chi connectivity index (χ1n) is 7.80. The van der Waals surface area contributed by atoms with Gasteiger partial charge in [0, 0.05) is 17.0 Å². The van der Waals surface area contributed by atoms with Crippen molar-refractivity contribution in [2.75, 3.05) is 5.73 Å². The second kappa shape index (κ2) is 8.06. The first kappa shape index (κ1) is 21.8. The van der Waals surface area contributed by atoms with E-state index in [4.69, 9.17) is 28.9 Å². The van der Waals surface area contributed by atoms with Crippen LogP contribution in [0, 0.1) is 21.4 Å². The molecule has 154 valence electrons. The minimum atomic E-state index is -4.66. The van der Waals surface area contributed by atoms with E-state index in [0.29, 0.717) is 17.0 Å². The van der Waals surface area contributed by atoms with Crippen LogP contribution < -0.4 is 5.73 Å². The van der Waals surface area contributed by atoms with Crippen molar-refractivity contribution in [3.8, 4) is 11.8 Å². The number of aromatic nitrogens is 2. The van der Waals surface area contributed by atoms with E-state index >= 15 is 0 Å². The summed E-state index contributed by atoms with van der Waals surface area (Å²) in [5.41, 5.74) is 4.68. The molecular formula is C17H8Cl2F3N5O2S. The number of nitro groups is 1. The Balaban J connectivity index is 2.06.